The Morgan fingerprint density at radius 2 is 2.08 bits per heavy atom. The highest BCUT2D eigenvalue weighted by Crippen LogP contribution is 2.09. The van der Waals surface area contributed by atoms with Crippen LogP contribution in [0.15, 0.2) is 40.2 Å². The van der Waals surface area contributed by atoms with Gasteiger partial charge in [0.15, 0.2) is 5.96 Å². The zero-order valence-corrected chi connectivity index (χ0v) is 17.4. The van der Waals surface area contributed by atoms with Crippen LogP contribution >= 0.6 is 24.0 Å². The van der Waals surface area contributed by atoms with Gasteiger partial charge in [-0.3, -0.25) is 9.89 Å². The second-order valence-corrected chi connectivity index (χ2v) is 5.86. The Morgan fingerprint density at radius 3 is 2.65 bits per heavy atom. The van der Waals surface area contributed by atoms with Crippen LogP contribution in [0, 0.1) is 0 Å². The molecular formula is C17H25IN6O2. The van der Waals surface area contributed by atoms with Crippen LogP contribution < -0.4 is 10.1 Å². The maximum absolute atomic E-state index is 5.08. The van der Waals surface area contributed by atoms with Crippen molar-refractivity contribution in [3.05, 3.63) is 41.9 Å². The predicted octanol–water partition coefficient (Wildman–Crippen LogP) is 1.59. The Morgan fingerprint density at radius 1 is 1.27 bits per heavy atom. The average Bonchev–Trinajstić information content (AvgIpc) is 3.17. The quantitative estimate of drug-likeness (QED) is 0.402. The number of hydrogen-bond acceptors (Lipinski definition) is 6. The van der Waals surface area contributed by atoms with E-state index >= 15 is 0 Å². The van der Waals surface area contributed by atoms with Crippen molar-refractivity contribution < 1.29 is 9.26 Å². The molecule has 3 heterocycles. The van der Waals surface area contributed by atoms with Crippen molar-refractivity contribution in [2.75, 3.05) is 40.3 Å². The van der Waals surface area contributed by atoms with Gasteiger partial charge in [-0.1, -0.05) is 11.2 Å². The minimum Gasteiger partial charge on any atom is -0.481 e. The summed E-state index contributed by atoms with van der Waals surface area (Å²) < 4.78 is 9.97. The normalized spacial score (nSPS) is 15.5. The summed E-state index contributed by atoms with van der Waals surface area (Å²) in [4.78, 5) is 13.3. The van der Waals surface area contributed by atoms with Gasteiger partial charge in [0.25, 0.3) is 0 Å². The fraction of sp³-hybridized carbons (Fsp3) is 0.471. The minimum atomic E-state index is 0. The van der Waals surface area contributed by atoms with E-state index in [-0.39, 0.29) is 24.0 Å². The molecule has 1 saturated heterocycles. The highest BCUT2D eigenvalue weighted by Gasteiger charge is 2.20. The van der Waals surface area contributed by atoms with Crippen molar-refractivity contribution in [3.63, 3.8) is 0 Å². The summed E-state index contributed by atoms with van der Waals surface area (Å²) in [6, 6.07) is 5.78. The van der Waals surface area contributed by atoms with E-state index < -0.39 is 0 Å². The first-order valence-electron chi connectivity index (χ1n) is 8.34. The smallest absolute Gasteiger partial charge is 0.212 e. The molecule has 3 rings (SSSR count). The van der Waals surface area contributed by atoms with Crippen LogP contribution in [-0.2, 0) is 13.1 Å². The molecule has 0 aliphatic carbocycles. The highest BCUT2D eigenvalue weighted by molar-refractivity contribution is 14.0. The Balaban J connectivity index is 0.00000243. The number of nitrogens with one attached hydrogen (secondary N) is 1. The van der Waals surface area contributed by atoms with Crippen molar-refractivity contribution >= 4 is 29.9 Å². The van der Waals surface area contributed by atoms with Crippen LogP contribution in [0.1, 0.15) is 11.3 Å². The van der Waals surface area contributed by atoms with E-state index in [1.165, 1.54) is 0 Å². The first-order chi connectivity index (χ1) is 12.3. The van der Waals surface area contributed by atoms with Gasteiger partial charge in [0.1, 0.15) is 6.26 Å². The molecule has 0 aromatic carbocycles. The van der Waals surface area contributed by atoms with E-state index in [9.17, 15) is 0 Å². The molecule has 142 valence electrons. The van der Waals surface area contributed by atoms with Crippen molar-refractivity contribution in [1.82, 2.24) is 25.3 Å². The van der Waals surface area contributed by atoms with Crippen LogP contribution in [0.5, 0.6) is 5.88 Å². The molecular weight excluding hydrogens is 447 g/mol. The van der Waals surface area contributed by atoms with E-state index in [1.807, 2.05) is 31.4 Å². The molecule has 8 nitrogen and oxygen atoms in total. The standard InChI is InChI=1S/C17H24N6O2.HI/c1-18-17(20-12-14-3-4-16(24-2)19-11-14)23-8-6-22(7-9-23)13-15-5-10-25-21-15;/h3-5,10-11H,6-9,12-13H2,1-2H3,(H,18,20);1H. The lowest BCUT2D eigenvalue weighted by Crippen LogP contribution is -2.52. The largest absolute Gasteiger partial charge is 0.481 e. The van der Waals surface area contributed by atoms with E-state index in [0.717, 1.165) is 49.9 Å². The fourth-order valence-corrected chi connectivity index (χ4v) is 2.82. The maximum Gasteiger partial charge on any atom is 0.212 e. The van der Waals surface area contributed by atoms with Gasteiger partial charge < -0.3 is 19.5 Å². The van der Waals surface area contributed by atoms with Gasteiger partial charge in [-0.05, 0) is 5.56 Å². The monoisotopic (exact) mass is 472 g/mol. The molecule has 2 aromatic heterocycles. The van der Waals surface area contributed by atoms with Gasteiger partial charge in [-0.2, -0.15) is 0 Å². The molecule has 0 radical (unpaired) electrons. The number of halogens is 1. The third kappa shape index (κ3) is 5.56. The summed E-state index contributed by atoms with van der Waals surface area (Å²) in [6.45, 7) is 5.31. The predicted molar refractivity (Wildman–Crippen MR) is 110 cm³/mol. The average molecular weight is 472 g/mol. The zero-order valence-electron chi connectivity index (χ0n) is 15.1. The molecule has 26 heavy (non-hydrogen) atoms. The number of rotatable bonds is 5. The highest BCUT2D eigenvalue weighted by atomic mass is 127. The van der Waals surface area contributed by atoms with Crippen molar-refractivity contribution in [3.8, 4) is 5.88 Å². The SMILES string of the molecule is CN=C(NCc1ccc(OC)nc1)N1CCN(Cc2ccon2)CC1.I. The Hall–Kier alpha value is -1.88. The Labute approximate surface area is 170 Å². The molecule has 1 aliphatic rings. The van der Waals surface area contributed by atoms with Crippen LogP contribution in [0.3, 0.4) is 0 Å². The number of hydrogen-bond donors (Lipinski definition) is 1. The number of aliphatic imine (C=N–C) groups is 1. The lowest BCUT2D eigenvalue weighted by atomic mass is 10.2. The van der Waals surface area contributed by atoms with Gasteiger partial charge in [0, 0.05) is 64.6 Å². The second-order valence-electron chi connectivity index (χ2n) is 5.86. The van der Waals surface area contributed by atoms with Crippen molar-refractivity contribution in [1.29, 1.82) is 0 Å². The lowest BCUT2D eigenvalue weighted by Gasteiger charge is -2.36. The molecule has 2 aromatic rings. The third-order valence-electron chi connectivity index (χ3n) is 4.22. The summed E-state index contributed by atoms with van der Waals surface area (Å²) in [5.74, 6) is 1.54. The number of ether oxygens (including phenoxy) is 1. The number of guanidine groups is 1. The summed E-state index contributed by atoms with van der Waals surface area (Å²) in [6.07, 6.45) is 3.43. The van der Waals surface area contributed by atoms with Crippen LogP contribution in [-0.4, -0.2) is 66.2 Å². The van der Waals surface area contributed by atoms with E-state index in [1.54, 1.807) is 13.4 Å². The molecule has 0 atom stereocenters. The molecule has 9 heteroatoms. The second kappa shape index (κ2) is 10.3. The molecule has 0 amide bonds. The van der Waals surface area contributed by atoms with Crippen molar-refractivity contribution in [2.24, 2.45) is 4.99 Å². The van der Waals surface area contributed by atoms with E-state index in [2.05, 4.69) is 30.2 Å². The van der Waals surface area contributed by atoms with Gasteiger partial charge in [-0.15, -0.1) is 24.0 Å². The lowest BCUT2D eigenvalue weighted by molar-refractivity contribution is 0.169. The Kier molecular flexibility index (Phi) is 8.10. The summed E-state index contributed by atoms with van der Waals surface area (Å²) in [7, 11) is 3.43. The summed E-state index contributed by atoms with van der Waals surface area (Å²) >= 11 is 0. The third-order valence-corrected chi connectivity index (χ3v) is 4.22. The molecule has 1 fully saturated rings. The van der Waals surface area contributed by atoms with Gasteiger partial charge in [-0.25, -0.2) is 4.98 Å². The van der Waals surface area contributed by atoms with Crippen molar-refractivity contribution in [2.45, 2.75) is 13.1 Å². The molecule has 1 aliphatic heterocycles. The summed E-state index contributed by atoms with van der Waals surface area (Å²) in [5.41, 5.74) is 2.06. The number of aromatic nitrogens is 2. The molecule has 0 saturated carbocycles. The first-order valence-corrected chi connectivity index (χ1v) is 8.34. The number of pyridine rings is 1. The minimum absolute atomic E-state index is 0. The topological polar surface area (TPSA) is 79.0 Å². The number of nitrogens with zero attached hydrogens (tertiary/aromatic N) is 5. The molecule has 0 bridgehead atoms. The Bertz CT molecular complexity index is 669. The molecule has 1 N–H and O–H groups in total. The van der Waals surface area contributed by atoms with Crippen LogP contribution in [0.2, 0.25) is 0 Å². The van der Waals surface area contributed by atoms with Gasteiger partial charge in [0.05, 0.1) is 12.8 Å². The van der Waals surface area contributed by atoms with Gasteiger partial charge >= 0.3 is 0 Å². The van der Waals surface area contributed by atoms with E-state index in [0.29, 0.717) is 12.4 Å². The fourth-order valence-electron chi connectivity index (χ4n) is 2.82. The van der Waals surface area contributed by atoms with E-state index in [4.69, 9.17) is 9.26 Å². The zero-order chi connectivity index (χ0) is 17.5. The first kappa shape index (κ1) is 20.4. The maximum atomic E-state index is 5.08. The summed E-state index contributed by atoms with van der Waals surface area (Å²) in [5, 5.41) is 7.38. The number of piperazine rings is 1. The molecule has 0 unspecified atom stereocenters. The number of methoxy groups -OCH3 is 1. The molecule has 0 spiro atoms. The van der Waals surface area contributed by atoms with Crippen LogP contribution in [0.4, 0.5) is 0 Å². The van der Waals surface area contributed by atoms with Crippen LogP contribution in [0.25, 0.3) is 0 Å². The van der Waals surface area contributed by atoms with Gasteiger partial charge in [0.2, 0.25) is 5.88 Å².